The van der Waals surface area contributed by atoms with Crippen LogP contribution in [0.1, 0.15) is 9.68 Å². The van der Waals surface area contributed by atoms with Crippen molar-refractivity contribution in [2.75, 3.05) is 36.4 Å². The molecule has 0 aromatic carbocycles. The van der Waals surface area contributed by atoms with Crippen molar-refractivity contribution in [2.24, 2.45) is 0 Å². The lowest BCUT2D eigenvalue weighted by molar-refractivity contribution is -0.137. The number of carbonyl (C=O) groups excluding carboxylic acids is 1. The molecule has 2 aliphatic rings. The van der Waals surface area contributed by atoms with Crippen molar-refractivity contribution in [3.05, 3.63) is 17.8 Å². The fourth-order valence-corrected chi connectivity index (χ4v) is 2.43. The second-order valence-electron chi connectivity index (χ2n) is 4.65. The van der Waals surface area contributed by atoms with Crippen LogP contribution in [0, 0.1) is 0 Å². The number of carbonyl (C=O) groups is 1. The van der Waals surface area contributed by atoms with Crippen LogP contribution < -0.4 is 15.1 Å². The highest BCUT2D eigenvalue weighted by molar-refractivity contribution is 6.04. The van der Waals surface area contributed by atoms with Crippen molar-refractivity contribution in [2.45, 2.75) is 12.2 Å². The average molecular weight is 289 g/mol. The monoisotopic (exact) mass is 289 g/mol. The first-order valence-electron chi connectivity index (χ1n) is 7.49. The van der Waals surface area contributed by atoms with Crippen LogP contribution in [-0.2, 0) is 11.0 Å². The molecule has 1 fully saturated rings. The van der Waals surface area contributed by atoms with E-state index in [1.807, 2.05) is 0 Å². The maximum atomic E-state index is 12.9. The van der Waals surface area contributed by atoms with E-state index in [1.54, 1.807) is 4.90 Å². The molecule has 0 aliphatic carbocycles. The zero-order chi connectivity index (χ0) is 17.0. The first-order valence-corrected chi connectivity index (χ1v) is 5.99. The summed E-state index contributed by atoms with van der Waals surface area (Å²) in [5.41, 5.74) is -1.42. The van der Waals surface area contributed by atoms with Gasteiger partial charge in [-0.3, -0.25) is 4.79 Å². The molecular weight excluding hydrogens is 273 g/mol. The molecule has 3 rings (SSSR count). The van der Waals surface area contributed by atoms with Crippen LogP contribution in [-0.4, -0.2) is 43.5 Å². The predicted octanol–water partition coefficient (Wildman–Crippen LogP) is 0.855. The molecule has 1 amide bonds. The fraction of sp³-hybridized carbons (Fsp3) is 0.500. The van der Waals surface area contributed by atoms with Gasteiger partial charge >= 0.3 is 6.18 Å². The first kappa shape index (κ1) is 9.98. The number of nitrogens with zero attached hydrogens (tertiary/aromatic N) is 3. The minimum absolute atomic E-state index is 0.0835. The molecule has 1 aromatic heterocycles. The minimum atomic E-state index is -4.67. The van der Waals surface area contributed by atoms with Crippen molar-refractivity contribution < 1.29 is 22.1 Å². The molecular formula is C12H13F3N4O. The number of rotatable bonds is 0. The Bertz CT molecular complexity index is 649. The number of nitrogens with one attached hydrogen (secondary N) is 1. The Morgan fingerprint density at radius 2 is 2.35 bits per heavy atom. The van der Waals surface area contributed by atoms with E-state index >= 15 is 0 Å². The van der Waals surface area contributed by atoms with Gasteiger partial charge < -0.3 is 15.1 Å². The topological polar surface area (TPSA) is 48.5 Å². The molecule has 8 heteroatoms. The van der Waals surface area contributed by atoms with Crippen LogP contribution in [0.5, 0.6) is 0 Å². The Morgan fingerprint density at radius 3 is 3.05 bits per heavy atom. The average Bonchev–Trinajstić information content (AvgIpc) is 2.45. The molecule has 0 saturated carbocycles. The van der Waals surface area contributed by atoms with E-state index in [0.29, 0.717) is 30.3 Å². The molecule has 1 aromatic rings. The van der Waals surface area contributed by atoms with E-state index in [-0.39, 0.29) is 18.1 Å². The fourth-order valence-electron chi connectivity index (χ4n) is 2.43. The summed E-state index contributed by atoms with van der Waals surface area (Å²) in [5.74, 6) is -0.675. The summed E-state index contributed by atoms with van der Waals surface area (Å²) in [6.45, 7) is -1.79. The normalized spacial score (nSPS) is 25.4. The number of amides is 1. The van der Waals surface area contributed by atoms with E-state index in [1.165, 1.54) is 0 Å². The summed E-state index contributed by atoms with van der Waals surface area (Å²) in [7, 11) is 0. The Hall–Kier alpha value is -1.83. The number of aromatic nitrogens is 1. The Labute approximate surface area is 117 Å². The molecule has 3 heterocycles. The zero-order valence-electron chi connectivity index (χ0n) is 13.2. The summed E-state index contributed by atoms with van der Waals surface area (Å²) >= 11 is 0. The second-order valence-corrected chi connectivity index (χ2v) is 4.65. The van der Waals surface area contributed by atoms with Crippen LogP contribution >= 0.6 is 0 Å². The summed E-state index contributed by atoms with van der Waals surface area (Å²) in [6.07, 6.45) is -4.02. The molecule has 108 valence electrons. The zero-order valence-corrected chi connectivity index (χ0v) is 10.2. The lowest BCUT2D eigenvalue weighted by Gasteiger charge is -2.43. The van der Waals surface area contributed by atoms with E-state index in [2.05, 4.69) is 10.3 Å². The van der Waals surface area contributed by atoms with Gasteiger partial charge in [0.2, 0.25) is 0 Å². The van der Waals surface area contributed by atoms with Gasteiger partial charge in [-0.2, -0.15) is 13.2 Å². The van der Waals surface area contributed by atoms with Crippen molar-refractivity contribution >= 4 is 17.4 Å². The van der Waals surface area contributed by atoms with E-state index in [9.17, 15) is 18.0 Å². The van der Waals surface area contributed by atoms with Crippen molar-refractivity contribution in [3.8, 4) is 0 Å². The second kappa shape index (κ2) is 4.34. The maximum absolute atomic E-state index is 12.9. The van der Waals surface area contributed by atoms with Crippen LogP contribution in [0.4, 0.5) is 24.7 Å². The van der Waals surface area contributed by atoms with Crippen LogP contribution in [0.2, 0.25) is 0 Å². The van der Waals surface area contributed by atoms with Gasteiger partial charge in [-0.1, -0.05) is 0 Å². The molecule has 2 aliphatic heterocycles. The largest absolute Gasteiger partial charge is 0.417 e. The third-order valence-electron chi connectivity index (χ3n) is 3.44. The highest BCUT2D eigenvalue weighted by Gasteiger charge is 2.40. The molecule has 0 radical (unpaired) electrons. The minimum Gasteiger partial charge on any atom is -0.340 e. The van der Waals surface area contributed by atoms with Gasteiger partial charge in [-0.05, 0) is 6.07 Å². The van der Waals surface area contributed by atoms with Crippen LogP contribution in [0.3, 0.4) is 0 Å². The first-order chi connectivity index (χ1) is 10.6. The van der Waals surface area contributed by atoms with Gasteiger partial charge in [0.1, 0.15) is 6.04 Å². The molecule has 1 unspecified atom stereocenters. The Kier molecular flexibility index (Phi) is 2.16. The van der Waals surface area contributed by atoms with E-state index < -0.39 is 30.7 Å². The highest BCUT2D eigenvalue weighted by Crippen LogP contribution is 2.38. The lowest BCUT2D eigenvalue weighted by Crippen LogP contribution is -2.61. The van der Waals surface area contributed by atoms with Gasteiger partial charge in [-0.25, -0.2) is 4.98 Å². The molecule has 20 heavy (non-hydrogen) atoms. The summed E-state index contributed by atoms with van der Waals surface area (Å²) in [4.78, 5) is 18.3. The summed E-state index contributed by atoms with van der Waals surface area (Å²) < 4.78 is 61.2. The number of alkyl halides is 3. The summed E-state index contributed by atoms with van der Waals surface area (Å²) in [6, 6.07) is -0.119. The molecule has 5 nitrogen and oxygen atoms in total. The predicted molar refractivity (Wildman–Crippen MR) is 66.7 cm³/mol. The summed E-state index contributed by atoms with van der Waals surface area (Å²) in [5, 5.41) is 2.97. The lowest BCUT2D eigenvalue weighted by atomic mass is 10.1. The number of fused-ring (bicyclic) bond motifs is 3. The smallest absolute Gasteiger partial charge is 0.340 e. The molecule has 0 bridgehead atoms. The third kappa shape index (κ3) is 1.91. The molecule has 0 spiro atoms. The highest BCUT2D eigenvalue weighted by atomic mass is 19.4. The van der Waals surface area contributed by atoms with Crippen LogP contribution in [0.15, 0.2) is 12.3 Å². The number of likely N-dealkylation sites (N-methyl/N-ethyl adjacent to an activating group) is 1. The van der Waals surface area contributed by atoms with Gasteiger partial charge in [0.15, 0.2) is 5.82 Å². The number of anilines is 2. The number of pyridine rings is 1. The Balaban J connectivity index is 2.18. The van der Waals surface area contributed by atoms with Gasteiger partial charge in [-0.15, -0.1) is 0 Å². The molecule has 1 saturated heterocycles. The van der Waals surface area contributed by atoms with Crippen molar-refractivity contribution in [1.82, 2.24) is 10.3 Å². The molecule has 1 N–H and O–H groups in total. The van der Waals surface area contributed by atoms with E-state index in [4.69, 9.17) is 4.11 Å². The number of piperazine rings is 1. The number of hydrogen-bond donors (Lipinski definition) is 1. The van der Waals surface area contributed by atoms with Crippen molar-refractivity contribution in [1.29, 1.82) is 0 Å². The number of hydrogen-bond acceptors (Lipinski definition) is 4. The van der Waals surface area contributed by atoms with E-state index in [0.717, 1.165) is 0 Å². The molecule has 1 atom stereocenters. The SMILES string of the molecule is [2H]C([2H])([2H])N1C(=O)C2CNCCN2c2ncc(C(F)(F)F)cc21. The third-order valence-corrected chi connectivity index (χ3v) is 3.44. The maximum Gasteiger partial charge on any atom is 0.417 e. The van der Waals surface area contributed by atoms with Gasteiger partial charge in [0.25, 0.3) is 5.91 Å². The van der Waals surface area contributed by atoms with Gasteiger partial charge in [0, 0.05) is 36.9 Å². The van der Waals surface area contributed by atoms with Gasteiger partial charge in [0.05, 0.1) is 11.3 Å². The Morgan fingerprint density at radius 1 is 1.55 bits per heavy atom. The number of halogens is 3. The van der Waals surface area contributed by atoms with Crippen LogP contribution in [0.25, 0.3) is 0 Å². The quantitative estimate of drug-likeness (QED) is 0.769. The van der Waals surface area contributed by atoms with Crippen molar-refractivity contribution in [3.63, 3.8) is 0 Å². The standard InChI is InChI=1S/C12H13F3N4O/c1-18-8-4-7(12(13,14)15)5-17-10(8)19-3-2-16-6-9(19)11(18)20/h4-5,9,16H,2-3,6H2,1H3/i1D3.